The Balaban J connectivity index is 1.34. The molecular formula is C21H20N6O2S. The van der Waals surface area contributed by atoms with E-state index in [0.717, 1.165) is 16.5 Å². The summed E-state index contributed by atoms with van der Waals surface area (Å²) in [5.74, 6) is 1.19. The normalized spacial score (nSPS) is 10.7. The van der Waals surface area contributed by atoms with Gasteiger partial charge in [0.25, 0.3) is 5.91 Å². The highest BCUT2D eigenvalue weighted by Gasteiger charge is 2.10. The summed E-state index contributed by atoms with van der Waals surface area (Å²) in [5.41, 5.74) is 2.31. The first-order chi connectivity index (χ1) is 14.8. The van der Waals surface area contributed by atoms with Crippen LogP contribution < -0.4 is 10.1 Å². The molecule has 2 aromatic carbocycles. The molecular weight excluding hydrogens is 400 g/mol. The summed E-state index contributed by atoms with van der Waals surface area (Å²) < 4.78 is 7.79. The van der Waals surface area contributed by atoms with Gasteiger partial charge in [-0.2, -0.15) is 5.10 Å². The van der Waals surface area contributed by atoms with Crippen molar-refractivity contribution in [2.45, 2.75) is 17.5 Å². The Bertz CT molecular complexity index is 1070. The van der Waals surface area contributed by atoms with Gasteiger partial charge >= 0.3 is 0 Å². The molecule has 0 atom stereocenters. The Morgan fingerprint density at radius 2 is 2.03 bits per heavy atom. The zero-order valence-electron chi connectivity index (χ0n) is 16.1. The minimum Gasteiger partial charge on any atom is -0.490 e. The van der Waals surface area contributed by atoms with Crippen molar-refractivity contribution in [3.8, 4) is 5.75 Å². The summed E-state index contributed by atoms with van der Waals surface area (Å²) in [6.45, 7) is 1.15. The molecule has 0 saturated heterocycles. The summed E-state index contributed by atoms with van der Waals surface area (Å²) in [4.78, 5) is 20.8. The molecule has 2 heterocycles. The average Bonchev–Trinajstić information content (AvgIpc) is 3.48. The number of aromatic nitrogens is 5. The number of hydrogen-bond donors (Lipinski definition) is 2. The number of ether oxygens (including phenoxy) is 1. The van der Waals surface area contributed by atoms with Crippen molar-refractivity contribution in [2.75, 3.05) is 11.9 Å². The second-order valence-electron chi connectivity index (χ2n) is 6.38. The highest BCUT2D eigenvalue weighted by atomic mass is 32.2. The van der Waals surface area contributed by atoms with Crippen molar-refractivity contribution in [1.29, 1.82) is 0 Å². The van der Waals surface area contributed by atoms with E-state index >= 15 is 0 Å². The number of carbonyl (C=O) groups excluding carboxylic acids is 1. The average molecular weight is 420 g/mol. The van der Waals surface area contributed by atoms with Crippen molar-refractivity contribution in [3.05, 3.63) is 84.7 Å². The first-order valence-electron chi connectivity index (χ1n) is 9.34. The van der Waals surface area contributed by atoms with E-state index in [4.69, 9.17) is 4.74 Å². The predicted octanol–water partition coefficient (Wildman–Crippen LogP) is 3.62. The topological polar surface area (TPSA) is 97.7 Å². The fourth-order valence-corrected chi connectivity index (χ4v) is 3.47. The van der Waals surface area contributed by atoms with Crippen LogP contribution in [0.1, 0.15) is 15.9 Å². The number of thioether (sulfide) groups is 1. The van der Waals surface area contributed by atoms with Gasteiger partial charge in [-0.1, -0.05) is 36.0 Å². The summed E-state index contributed by atoms with van der Waals surface area (Å²) in [5, 5.41) is 10.3. The van der Waals surface area contributed by atoms with Gasteiger partial charge in [0.05, 0.1) is 18.6 Å². The number of H-pyrrole nitrogens is 1. The van der Waals surface area contributed by atoms with Gasteiger partial charge in [-0.05, 0) is 29.8 Å². The van der Waals surface area contributed by atoms with Gasteiger partial charge in [0.1, 0.15) is 18.7 Å². The molecule has 2 N–H and O–H groups in total. The molecule has 0 aliphatic rings. The number of hydrogen-bond acceptors (Lipinski definition) is 6. The van der Waals surface area contributed by atoms with Crippen LogP contribution in [0.15, 0.2) is 78.7 Å². The van der Waals surface area contributed by atoms with Gasteiger partial charge in [0.2, 0.25) is 0 Å². The molecule has 0 unspecified atom stereocenters. The van der Waals surface area contributed by atoms with Crippen molar-refractivity contribution in [3.63, 3.8) is 0 Å². The Hall–Kier alpha value is -3.59. The molecule has 0 radical (unpaired) electrons. The number of nitrogens with one attached hydrogen (secondary N) is 2. The molecule has 4 aromatic rings. The number of carbonyl (C=O) groups is 1. The first-order valence-corrected chi connectivity index (χ1v) is 10.3. The number of amides is 1. The fourth-order valence-electron chi connectivity index (χ4n) is 2.74. The maximum Gasteiger partial charge on any atom is 0.255 e. The summed E-state index contributed by atoms with van der Waals surface area (Å²) in [6.07, 6.45) is 6.83. The lowest BCUT2D eigenvalue weighted by Gasteiger charge is -2.13. The molecule has 0 saturated carbocycles. The zero-order valence-corrected chi connectivity index (χ0v) is 16.9. The van der Waals surface area contributed by atoms with E-state index in [1.807, 2.05) is 59.3 Å². The molecule has 8 nitrogen and oxygen atoms in total. The fraction of sp³-hybridized carbons (Fsp3) is 0.143. The molecule has 2 aromatic heterocycles. The standard InChI is InChI=1S/C21H20N6O2S/c28-20(17-7-5-16(6-8-17)13-30-21-23-14-24-26-21)25-18-3-1-2-4-19(18)29-12-11-27-10-9-22-15-27/h1-10,14-15H,11-13H2,(H,25,28)(H,23,24,26). The molecule has 9 heteroatoms. The maximum absolute atomic E-state index is 12.7. The SMILES string of the molecule is O=C(Nc1ccccc1OCCn1ccnc1)c1ccc(CSc2ncn[nH]2)cc1. The predicted molar refractivity (Wildman–Crippen MR) is 115 cm³/mol. The highest BCUT2D eigenvalue weighted by Crippen LogP contribution is 2.25. The van der Waals surface area contributed by atoms with E-state index < -0.39 is 0 Å². The van der Waals surface area contributed by atoms with Crippen LogP contribution in [-0.2, 0) is 12.3 Å². The van der Waals surface area contributed by atoms with E-state index in [-0.39, 0.29) is 5.91 Å². The molecule has 0 aliphatic heterocycles. The Morgan fingerprint density at radius 3 is 2.80 bits per heavy atom. The number of aromatic amines is 1. The third-order valence-corrected chi connectivity index (χ3v) is 5.23. The van der Waals surface area contributed by atoms with Gasteiger partial charge in [0, 0.05) is 23.7 Å². The smallest absolute Gasteiger partial charge is 0.255 e. The number of imidazole rings is 1. The largest absolute Gasteiger partial charge is 0.490 e. The van der Waals surface area contributed by atoms with Crippen molar-refractivity contribution in [2.24, 2.45) is 0 Å². The number of nitrogens with zero attached hydrogens (tertiary/aromatic N) is 4. The summed E-state index contributed by atoms with van der Waals surface area (Å²) >= 11 is 1.55. The third kappa shape index (κ3) is 5.26. The number of benzene rings is 2. The van der Waals surface area contributed by atoms with Crippen LogP contribution in [0.3, 0.4) is 0 Å². The van der Waals surface area contributed by atoms with Crippen molar-refractivity contribution < 1.29 is 9.53 Å². The van der Waals surface area contributed by atoms with Crippen molar-refractivity contribution >= 4 is 23.4 Å². The lowest BCUT2D eigenvalue weighted by atomic mass is 10.1. The van der Waals surface area contributed by atoms with Crippen LogP contribution in [-0.4, -0.2) is 37.2 Å². The van der Waals surface area contributed by atoms with Crippen LogP contribution in [0.25, 0.3) is 0 Å². The van der Waals surface area contributed by atoms with Crippen molar-refractivity contribution in [1.82, 2.24) is 24.7 Å². The number of rotatable bonds is 9. The van der Waals surface area contributed by atoms with E-state index in [9.17, 15) is 4.79 Å². The van der Waals surface area contributed by atoms with E-state index in [0.29, 0.717) is 30.2 Å². The second kappa shape index (κ2) is 9.75. The van der Waals surface area contributed by atoms with Gasteiger partial charge in [-0.15, -0.1) is 0 Å². The molecule has 1 amide bonds. The van der Waals surface area contributed by atoms with Gasteiger partial charge in [-0.25, -0.2) is 9.97 Å². The zero-order chi connectivity index (χ0) is 20.6. The molecule has 0 fully saturated rings. The van der Waals surface area contributed by atoms with Crippen LogP contribution >= 0.6 is 11.8 Å². The minimum absolute atomic E-state index is 0.185. The molecule has 0 bridgehead atoms. The molecule has 0 aliphatic carbocycles. The monoisotopic (exact) mass is 420 g/mol. The minimum atomic E-state index is -0.185. The number of anilines is 1. The third-order valence-electron chi connectivity index (χ3n) is 4.29. The van der Waals surface area contributed by atoms with E-state index in [1.165, 1.54) is 6.33 Å². The van der Waals surface area contributed by atoms with Crippen LogP contribution in [0.4, 0.5) is 5.69 Å². The van der Waals surface area contributed by atoms with Crippen LogP contribution in [0.2, 0.25) is 0 Å². The molecule has 30 heavy (non-hydrogen) atoms. The maximum atomic E-state index is 12.7. The molecule has 152 valence electrons. The van der Waals surface area contributed by atoms with E-state index in [2.05, 4.69) is 25.5 Å². The molecule has 0 spiro atoms. The quantitative estimate of drug-likeness (QED) is 0.401. The molecule has 4 rings (SSSR count). The Kier molecular flexibility index (Phi) is 6.41. The Labute approximate surface area is 177 Å². The highest BCUT2D eigenvalue weighted by molar-refractivity contribution is 7.98. The van der Waals surface area contributed by atoms with E-state index in [1.54, 1.807) is 24.3 Å². The van der Waals surface area contributed by atoms with Crippen LogP contribution in [0.5, 0.6) is 5.75 Å². The van der Waals surface area contributed by atoms with Gasteiger partial charge < -0.3 is 14.6 Å². The van der Waals surface area contributed by atoms with Gasteiger partial charge in [0.15, 0.2) is 5.16 Å². The summed E-state index contributed by atoms with van der Waals surface area (Å²) in [6, 6.07) is 14.9. The van der Waals surface area contributed by atoms with Crippen LogP contribution in [0, 0.1) is 0 Å². The summed E-state index contributed by atoms with van der Waals surface area (Å²) in [7, 11) is 0. The lowest BCUT2D eigenvalue weighted by Crippen LogP contribution is -2.14. The number of para-hydroxylation sites is 2. The first kappa shape index (κ1) is 19.7. The van der Waals surface area contributed by atoms with Gasteiger partial charge in [-0.3, -0.25) is 9.89 Å². The Morgan fingerprint density at radius 1 is 1.17 bits per heavy atom. The second-order valence-corrected chi connectivity index (χ2v) is 7.34. The lowest BCUT2D eigenvalue weighted by molar-refractivity contribution is 0.102.